The first-order chi connectivity index (χ1) is 10.7. The van der Waals surface area contributed by atoms with E-state index in [1.165, 1.54) is 6.20 Å². The van der Waals surface area contributed by atoms with Crippen LogP contribution in [0, 0.1) is 6.92 Å². The van der Waals surface area contributed by atoms with Crippen LogP contribution in [0.2, 0.25) is 0 Å². The molecule has 0 bridgehead atoms. The van der Waals surface area contributed by atoms with Crippen LogP contribution in [0.5, 0.6) is 0 Å². The summed E-state index contributed by atoms with van der Waals surface area (Å²) in [5.74, 6) is -0.114. The first kappa shape index (κ1) is 15.7. The van der Waals surface area contributed by atoms with Crippen LogP contribution in [0.1, 0.15) is 48.9 Å². The molecule has 8 heteroatoms. The molecule has 0 saturated carbocycles. The van der Waals surface area contributed by atoms with Crippen molar-refractivity contribution in [3.8, 4) is 0 Å². The molecular formula is C15H22N6O2. The normalized spacial score (nSPS) is 21.9. The van der Waals surface area contributed by atoms with Crippen LogP contribution in [-0.2, 0) is 11.1 Å². The zero-order valence-corrected chi connectivity index (χ0v) is 13.9. The fraction of sp³-hybridized carbons (Fsp3) is 0.600. The van der Waals surface area contributed by atoms with Gasteiger partial charge < -0.3 is 10.0 Å². The summed E-state index contributed by atoms with van der Waals surface area (Å²) in [6.07, 6.45) is 3.72. The van der Waals surface area contributed by atoms with Crippen molar-refractivity contribution in [2.24, 2.45) is 0 Å². The summed E-state index contributed by atoms with van der Waals surface area (Å²) in [5.41, 5.74) is 0.410. The van der Waals surface area contributed by atoms with E-state index in [0.29, 0.717) is 29.9 Å². The smallest absolute Gasteiger partial charge is 0.257 e. The zero-order valence-electron chi connectivity index (χ0n) is 13.9. The van der Waals surface area contributed by atoms with E-state index in [0.717, 1.165) is 0 Å². The number of hydrogen-bond donors (Lipinski definition) is 2. The number of aromatic amines is 1. The van der Waals surface area contributed by atoms with E-state index in [9.17, 15) is 9.90 Å². The lowest BCUT2D eigenvalue weighted by atomic mass is 10.00. The molecule has 8 nitrogen and oxygen atoms in total. The quantitative estimate of drug-likeness (QED) is 0.853. The number of likely N-dealkylation sites (tertiary alicyclic amines) is 1. The number of nitrogens with zero attached hydrogens (tertiary/aromatic N) is 5. The standard InChI is InChI=1S/C15H22N6O2/c1-10-11(8-21(18-10)14(2,3)4)13(22)20-6-5-15(23,9-20)12-7-16-19-17-12/h7-8,23H,5-6,9H2,1-4H3,(H,16,17,19)/t15-/m1/s1. The molecule has 3 rings (SSSR count). The van der Waals surface area contributed by atoms with Crippen LogP contribution in [0.4, 0.5) is 0 Å². The van der Waals surface area contributed by atoms with Crippen LogP contribution in [0.3, 0.4) is 0 Å². The van der Waals surface area contributed by atoms with Gasteiger partial charge in [-0.2, -0.15) is 20.5 Å². The van der Waals surface area contributed by atoms with Gasteiger partial charge in [0.2, 0.25) is 0 Å². The summed E-state index contributed by atoms with van der Waals surface area (Å²) in [5, 5.41) is 25.3. The Labute approximate surface area is 134 Å². The highest BCUT2D eigenvalue weighted by Crippen LogP contribution is 2.31. The zero-order chi connectivity index (χ0) is 16.8. The van der Waals surface area contributed by atoms with E-state index in [1.807, 2.05) is 27.7 Å². The van der Waals surface area contributed by atoms with E-state index >= 15 is 0 Å². The van der Waals surface area contributed by atoms with Crippen molar-refractivity contribution in [1.29, 1.82) is 0 Å². The van der Waals surface area contributed by atoms with Crippen LogP contribution in [0.15, 0.2) is 12.4 Å². The summed E-state index contributed by atoms with van der Waals surface area (Å²) < 4.78 is 1.80. The Kier molecular flexibility index (Phi) is 3.51. The molecule has 0 unspecified atom stereocenters. The molecule has 3 heterocycles. The van der Waals surface area contributed by atoms with Gasteiger partial charge in [0.05, 0.1) is 29.5 Å². The molecule has 1 atom stereocenters. The van der Waals surface area contributed by atoms with E-state index in [1.54, 1.807) is 15.8 Å². The molecule has 1 saturated heterocycles. The maximum Gasteiger partial charge on any atom is 0.257 e. The molecule has 0 aromatic carbocycles. The predicted octanol–water partition coefficient (Wildman–Crippen LogP) is 0.798. The second-order valence-electron chi connectivity index (χ2n) is 7.11. The highest BCUT2D eigenvalue weighted by molar-refractivity contribution is 5.95. The SMILES string of the molecule is Cc1nn(C(C)(C)C)cc1C(=O)N1CC[C@](O)(c2cn[nH]n2)C1. The molecule has 2 aromatic heterocycles. The highest BCUT2D eigenvalue weighted by Gasteiger charge is 2.42. The van der Waals surface area contributed by atoms with Gasteiger partial charge in [0.15, 0.2) is 0 Å². The van der Waals surface area contributed by atoms with Crippen LogP contribution in [0.25, 0.3) is 0 Å². The molecular weight excluding hydrogens is 296 g/mol. The van der Waals surface area contributed by atoms with Gasteiger partial charge in [-0.1, -0.05) is 0 Å². The minimum absolute atomic E-state index is 0.114. The molecule has 0 spiro atoms. The lowest BCUT2D eigenvalue weighted by molar-refractivity contribution is 0.0382. The second kappa shape index (κ2) is 5.16. The number of aliphatic hydroxyl groups is 1. The predicted molar refractivity (Wildman–Crippen MR) is 82.8 cm³/mol. The van der Waals surface area contributed by atoms with Crippen molar-refractivity contribution in [2.45, 2.75) is 45.3 Å². The van der Waals surface area contributed by atoms with Crippen molar-refractivity contribution in [1.82, 2.24) is 30.1 Å². The minimum atomic E-state index is -1.14. The van der Waals surface area contributed by atoms with Gasteiger partial charge in [-0.15, -0.1) is 0 Å². The Balaban J connectivity index is 1.81. The van der Waals surface area contributed by atoms with Gasteiger partial charge in [-0.25, -0.2) is 0 Å². The van der Waals surface area contributed by atoms with Crippen molar-refractivity contribution >= 4 is 5.91 Å². The van der Waals surface area contributed by atoms with Crippen LogP contribution >= 0.6 is 0 Å². The molecule has 0 aliphatic carbocycles. The lowest BCUT2D eigenvalue weighted by Crippen LogP contribution is -2.34. The average Bonchev–Trinajstić information content (AvgIpc) is 3.16. The summed E-state index contributed by atoms with van der Waals surface area (Å²) in [4.78, 5) is 14.4. The molecule has 1 aliphatic heterocycles. The number of rotatable bonds is 2. The molecule has 1 fully saturated rings. The fourth-order valence-corrected chi connectivity index (χ4v) is 2.79. The van der Waals surface area contributed by atoms with Crippen LogP contribution in [-0.4, -0.2) is 54.2 Å². The average molecular weight is 318 g/mol. The molecule has 2 aromatic rings. The summed E-state index contributed by atoms with van der Waals surface area (Å²) in [7, 11) is 0. The fourth-order valence-electron chi connectivity index (χ4n) is 2.79. The third-order valence-corrected chi connectivity index (χ3v) is 4.24. The van der Waals surface area contributed by atoms with E-state index in [-0.39, 0.29) is 18.0 Å². The molecule has 124 valence electrons. The number of hydrogen-bond acceptors (Lipinski definition) is 5. The topological polar surface area (TPSA) is 99.9 Å². The number of carbonyl (C=O) groups excluding carboxylic acids is 1. The van der Waals surface area contributed by atoms with Gasteiger partial charge in [0, 0.05) is 19.2 Å². The maximum absolute atomic E-state index is 12.8. The van der Waals surface area contributed by atoms with E-state index in [2.05, 4.69) is 20.5 Å². The summed E-state index contributed by atoms with van der Waals surface area (Å²) in [6.45, 7) is 8.61. The third kappa shape index (κ3) is 2.74. The maximum atomic E-state index is 12.8. The van der Waals surface area contributed by atoms with Gasteiger partial charge >= 0.3 is 0 Å². The number of aromatic nitrogens is 5. The van der Waals surface area contributed by atoms with Crippen molar-refractivity contribution in [3.63, 3.8) is 0 Å². The van der Waals surface area contributed by atoms with Gasteiger partial charge in [-0.05, 0) is 27.7 Å². The number of nitrogens with one attached hydrogen (secondary N) is 1. The molecule has 1 amide bonds. The summed E-state index contributed by atoms with van der Waals surface area (Å²) in [6, 6.07) is 0. The first-order valence-electron chi connectivity index (χ1n) is 7.65. The van der Waals surface area contributed by atoms with E-state index in [4.69, 9.17) is 0 Å². The second-order valence-corrected chi connectivity index (χ2v) is 7.11. The van der Waals surface area contributed by atoms with Crippen molar-refractivity contribution in [3.05, 3.63) is 29.3 Å². The Morgan fingerprint density at radius 3 is 2.74 bits per heavy atom. The minimum Gasteiger partial charge on any atom is -0.381 e. The Morgan fingerprint density at radius 1 is 1.43 bits per heavy atom. The number of β-amino-alcohol motifs (C(OH)–C–C–N with tert-alkyl or cyclic N) is 1. The molecule has 23 heavy (non-hydrogen) atoms. The van der Waals surface area contributed by atoms with Crippen molar-refractivity contribution < 1.29 is 9.90 Å². The van der Waals surface area contributed by atoms with Gasteiger partial charge in [0.25, 0.3) is 5.91 Å². The lowest BCUT2D eigenvalue weighted by Gasteiger charge is -2.21. The Morgan fingerprint density at radius 2 is 2.17 bits per heavy atom. The molecule has 2 N–H and O–H groups in total. The molecule has 0 radical (unpaired) electrons. The highest BCUT2D eigenvalue weighted by atomic mass is 16.3. The largest absolute Gasteiger partial charge is 0.381 e. The number of carbonyl (C=O) groups is 1. The number of H-pyrrole nitrogens is 1. The number of aryl methyl sites for hydroxylation is 1. The Hall–Kier alpha value is -2.22. The Bertz CT molecular complexity index is 715. The third-order valence-electron chi connectivity index (χ3n) is 4.24. The van der Waals surface area contributed by atoms with Crippen LogP contribution < -0.4 is 0 Å². The van der Waals surface area contributed by atoms with E-state index < -0.39 is 5.60 Å². The number of amides is 1. The molecule has 1 aliphatic rings. The van der Waals surface area contributed by atoms with Gasteiger partial charge in [-0.3, -0.25) is 9.48 Å². The monoisotopic (exact) mass is 318 g/mol. The van der Waals surface area contributed by atoms with Crippen molar-refractivity contribution in [2.75, 3.05) is 13.1 Å². The first-order valence-corrected chi connectivity index (χ1v) is 7.65. The summed E-state index contributed by atoms with van der Waals surface area (Å²) >= 11 is 0. The van der Waals surface area contributed by atoms with Gasteiger partial charge in [0.1, 0.15) is 11.3 Å².